The third-order valence-electron chi connectivity index (χ3n) is 3.74. The van der Waals surface area contributed by atoms with Crippen molar-refractivity contribution in [1.82, 2.24) is 19.9 Å². The lowest BCUT2D eigenvalue weighted by Gasteiger charge is -2.10. The maximum Gasteiger partial charge on any atom is 0.341 e. The lowest BCUT2D eigenvalue weighted by molar-refractivity contribution is 0.0467. The van der Waals surface area contributed by atoms with E-state index in [2.05, 4.69) is 19.9 Å². The van der Waals surface area contributed by atoms with E-state index < -0.39 is 5.97 Å². The Balaban J connectivity index is 1.89. The summed E-state index contributed by atoms with van der Waals surface area (Å²) < 4.78 is 5.30. The molecule has 0 amide bonds. The average Bonchev–Trinajstić information content (AvgIpc) is 2.54. The van der Waals surface area contributed by atoms with Gasteiger partial charge in [-0.05, 0) is 25.0 Å². The van der Waals surface area contributed by atoms with Gasteiger partial charge < -0.3 is 15.5 Å². The molecule has 24 heavy (non-hydrogen) atoms. The number of carbonyl (C=O) groups is 1. The minimum Gasteiger partial charge on any atom is -0.456 e. The van der Waals surface area contributed by atoms with Gasteiger partial charge >= 0.3 is 5.97 Å². The summed E-state index contributed by atoms with van der Waals surface area (Å²) in [7, 11) is 0. The quantitative estimate of drug-likeness (QED) is 0.695. The number of nitrogens with zero attached hydrogens (tertiary/aromatic N) is 3. The van der Waals surface area contributed by atoms with Gasteiger partial charge in [0.05, 0.1) is 46.6 Å². The minimum atomic E-state index is -0.561. The average molecular weight is 325 g/mol. The van der Waals surface area contributed by atoms with E-state index >= 15 is 0 Å². The highest BCUT2D eigenvalue weighted by molar-refractivity contribution is 5.96. The van der Waals surface area contributed by atoms with Crippen molar-refractivity contribution in [2.75, 3.05) is 5.73 Å². The van der Waals surface area contributed by atoms with Gasteiger partial charge in [0.1, 0.15) is 6.61 Å². The highest BCUT2D eigenvalue weighted by Crippen LogP contribution is 2.18. The predicted octanol–water partition coefficient (Wildman–Crippen LogP) is 1.27. The van der Waals surface area contributed by atoms with Crippen molar-refractivity contribution >= 4 is 22.6 Å². The van der Waals surface area contributed by atoms with Gasteiger partial charge in [0.25, 0.3) is 5.56 Å². The van der Waals surface area contributed by atoms with Crippen LogP contribution in [0.3, 0.4) is 0 Å². The number of hydrogen-bond acceptors (Lipinski definition) is 7. The van der Waals surface area contributed by atoms with Gasteiger partial charge in [0.2, 0.25) is 0 Å². The van der Waals surface area contributed by atoms with Gasteiger partial charge in [0, 0.05) is 6.20 Å². The lowest BCUT2D eigenvalue weighted by Crippen LogP contribution is -2.13. The van der Waals surface area contributed by atoms with E-state index in [9.17, 15) is 9.59 Å². The van der Waals surface area contributed by atoms with E-state index in [4.69, 9.17) is 10.5 Å². The number of nitrogens with one attached hydrogen (secondary N) is 1. The van der Waals surface area contributed by atoms with Crippen LogP contribution in [0, 0.1) is 13.8 Å². The number of aryl methyl sites for hydroxylation is 2. The summed E-state index contributed by atoms with van der Waals surface area (Å²) in [6, 6.07) is 0. The number of nitrogens with two attached hydrogens (primary N) is 1. The number of nitrogen functional groups attached to an aromatic ring is 1. The molecule has 8 heteroatoms. The second-order valence-electron chi connectivity index (χ2n) is 5.32. The fourth-order valence-corrected chi connectivity index (χ4v) is 2.47. The molecule has 0 saturated heterocycles. The molecule has 0 radical (unpaired) electrons. The smallest absolute Gasteiger partial charge is 0.341 e. The molecular weight excluding hydrogens is 310 g/mol. The molecule has 0 atom stereocenters. The standard InChI is InChI=1S/C16H15N5O3/c1-8-3-18-4-10(17)13(8)16(23)24-6-12-9(2)14-11(5-19-12)20-7-21-15(14)22/h3-5,7H,6,17H2,1-2H3,(H,20,21,22). The van der Waals surface area contributed by atoms with Gasteiger partial charge in [0.15, 0.2) is 0 Å². The van der Waals surface area contributed by atoms with Crippen LogP contribution < -0.4 is 11.3 Å². The fraction of sp³-hybridized carbons (Fsp3) is 0.188. The molecule has 3 aromatic rings. The Bertz CT molecular complexity index is 976. The molecule has 0 saturated carbocycles. The van der Waals surface area contributed by atoms with E-state index in [0.29, 0.717) is 27.7 Å². The van der Waals surface area contributed by atoms with E-state index in [-0.39, 0.29) is 23.4 Å². The maximum atomic E-state index is 12.3. The number of carbonyl (C=O) groups excluding carboxylic acids is 1. The van der Waals surface area contributed by atoms with Crippen molar-refractivity contribution in [3.8, 4) is 0 Å². The van der Waals surface area contributed by atoms with Crippen LogP contribution in [0.15, 0.2) is 29.7 Å². The van der Waals surface area contributed by atoms with Crippen LogP contribution in [0.25, 0.3) is 10.9 Å². The molecule has 0 fully saturated rings. The molecule has 3 aromatic heterocycles. The number of esters is 1. The normalized spacial score (nSPS) is 10.8. The zero-order valence-corrected chi connectivity index (χ0v) is 13.2. The monoisotopic (exact) mass is 325 g/mol. The topological polar surface area (TPSA) is 124 Å². The summed E-state index contributed by atoms with van der Waals surface area (Å²) in [4.78, 5) is 38.9. The number of ether oxygens (including phenoxy) is 1. The molecular formula is C16H15N5O3. The molecule has 0 bridgehead atoms. The molecule has 3 heterocycles. The lowest BCUT2D eigenvalue weighted by atomic mass is 10.1. The van der Waals surface area contributed by atoms with Crippen molar-refractivity contribution < 1.29 is 9.53 Å². The fourth-order valence-electron chi connectivity index (χ4n) is 2.47. The van der Waals surface area contributed by atoms with Gasteiger partial charge in [-0.15, -0.1) is 0 Å². The van der Waals surface area contributed by atoms with Gasteiger partial charge in [-0.1, -0.05) is 0 Å². The van der Waals surface area contributed by atoms with Crippen molar-refractivity contribution in [1.29, 1.82) is 0 Å². The van der Waals surface area contributed by atoms with E-state index in [1.165, 1.54) is 24.9 Å². The number of rotatable bonds is 3. The molecule has 0 aliphatic rings. The summed E-state index contributed by atoms with van der Waals surface area (Å²) >= 11 is 0. The Kier molecular flexibility index (Phi) is 3.95. The second kappa shape index (κ2) is 6.07. The van der Waals surface area contributed by atoms with Crippen LogP contribution in [-0.2, 0) is 11.3 Å². The third kappa shape index (κ3) is 2.69. The van der Waals surface area contributed by atoms with Crippen LogP contribution in [-0.4, -0.2) is 25.9 Å². The zero-order chi connectivity index (χ0) is 17.3. The van der Waals surface area contributed by atoms with Gasteiger partial charge in [-0.3, -0.25) is 14.8 Å². The number of fused-ring (bicyclic) bond motifs is 1. The number of pyridine rings is 2. The summed E-state index contributed by atoms with van der Waals surface area (Å²) in [5.41, 5.74) is 8.27. The van der Waals surface area contributed by atoms with Gasteiger partial charge in [-0.25, -0.2) is 9.78 Å². The first-order valence-electron chi connectivity index (χ1n) is 7.18. The Morgan fingerprint density at radius 2 is 2.04 bits per heavy atom. The zero-order valence-electron chi connectivity index (χ0n) is 13.2. The summed E-state index contributed by atoms with van der Waals surface area (Å²) in [5, 5.41) is 0.429. The van der Waals surface area contributed by atoms with Crippen molar-refractivity contribution in [3.63, 3.8) is 0 Å². The summed E-state index contributed by atoms with van der Waals surface area (Å²) in [6.45, 7) is 3.39. The molecule has 3 N–H and O–H groups in total. The van der Waals surface area contributed by atoms with Crippen LogP contribution >= 0.6 is 0 Å². The van der Waals surface area contributed by atoms with E-state index in [1.54, 1.807) is 13.8 Å². The van der Waals surface area contributed by atoms with Crippen molar-refractivity contribution in [3.05, 3.63) is 57.7 Å². The highest BCUT2D eigenvalue weighted by atomic mass is 16.5. The molecule has 0 aliphatic carbocycles. The van der Waals surface area contributed by atoms with Crippen molar-refractivity contribution in [2.45, 2.75) is 20.5 Å². The number of aromatic nitrogens is 4. The largest absolute Gasteiger partial charge is 0.456 e. The van der Waals surface area contributed by atoms with Crippen LogP contribution in [0.1, 0.15) is 27.2 Å². The number of anilines is 1. The van der Waals surface area contributed by atoms with Crippen LogP contribution in [0.4, 0.5) is 5.69 Å². The van der Waals surface area contributed by atoms with E-state index in [0.717, 1.165) is 0 Å². The summed E-state index contributed by atoms with van der Waals surface area (Å²) in [5.74, 6) is -0.561. The minimum absolute atomic E-state index is 0.0733. The predicted molar refractivity (Wildman–Crippen MR) is 87.4 cm³/mol. The SMILES string of the molecule is Cc1cncc(N)c1C(=O)OCc1ncc2nc[nH]c(=O)c2c1C. The molecule has 0 aromatic carbocycles. The first-order valence-corrected chi connectivity index (χ1v) is 7.18. The number of H-pyrrole nitrogens is 1. The molecule has 0 unspecified atom stereocenters. The van der Waals surface area contributed by atoms with Crippen molar-refractivity contribution in [2.24, 2.45) is 0 Å². The second-order valence-corrected chi connectivity index (χ2v) is 5.32. The Hall–Kier alpha value is -3.29. The van der Waals surface area contributed by atoms with Crippen LogP contribution in [0.2, 0.25) is 0 Å². The summed E-state index contributed by atoms with van der Waals surface area (Å²) in [6.07, 6.45) is 5.74. The van der Waals surface area contributed by atoms with Crippen LogP contribution in [0.5, 0.6) is 0 Å². The molecule has 8 nitrogen and oxygen atoms in total. The first kappa shape index (κ1) is 15.6. The van der Waals surface area contributed by atoms with E-state index in [1.807, 2.05) is 0 Å². The Labute approximate surface area is 136 Å². The Morgan fingerprint density at radius 1 is 1.25 bits per heavy atom. The Morgan fingerprint density at radius 3 is 2.79 bits per heavy atom. The maximum absolute atomic E-state index is 12.3. The molecule has 122 valence electrons. The number of aromatic amines is 1. The molecule has 0 aliphatic heterocycles. The van der Waals surface area contributed by atoms with Gasteiger partial charge in [-0.2, -0.15) is 0 Å². The first-order chi connectivity index (χ1) is 11.5. The molecule has 0 spiro atoms. The molecule has 3 rings (SSSR count). The number of hydrogen-bond donors (Lipinski definition) is 2. The third-order valence-corrected chi connectivity index (χ3v) is 3.74. The highest BCUT2D eigenvalue weighted by Gasteiger charge is 2.16.